The fourth-order valence-electron chi connectivity index (χ4n) is 1.69. The molecule has 18 heavy (non-hydrogen) atoms. The first-order chi connectivity index (χ1) is 8.59. The van der Waals surface area contributed by atoms with Gasteiger partial charge in [-0.15, -0.1) is 11.3 Å². The second-order valence-electron chi connectivity index (χ2n) is 4.14. The van der Waals surface area contributed by atoms with Crippen LogP contribution in [0.5, 0.6) is 0 Å². The van der Waals surface area contributed by atoms with E-state index >= 15 is 0 Å². The highest BCUT2D eigenvalue weighted by molar-refractivity contribution is 7.09. The molecule has 0 aliphatic carbocycles. The summed E-state index contributed by atoms with van der Waals surface area (Å²) < 4.78 is 0. The molecule has 2 rings (SSSR count). The molecule has 0 saturated carbocycles. The van der Waals surface area contributed by atoms with E-state index in [-0.39, 0.29) is 6.04 Å². The highest BCUT2D eigenvalue weighted by atomic mass is 35.5. The summed E-state index contributed by atoms with van der Waals surface area (Å²) in [6.07, 6.45) is 2.39. The lowest BCUT2D eigenvalue weighted by Gasteiger charge is -2.26. The number of likely N-dealkylation sites (N-methyl/N-ethyl adjacent to an activating group) is 1. The van der Waals surface area contributed by atoms with Crippen LogP contribution in [0.1, 0.15) is 11.8 Å². The normalized spacial score (nSPS) is 12.4. The Morgan fingerprint density at radius 3 is 2.94 bits per heavy atom. The maximum absolute atomic E-state index is 6.12. The first-order valence-electron chi connectivity index (χ1n) is 5.60. The van der Waals surface area contributed by atoms with Gasteiger partial charge in [0.25, 0.3) is 0 Å². The van der Waals surface area contributed by atoms with E-state index in [0.717, 1.165) is 6.42 Å². The van der Waals surface area contributed by atoms with E-state index in [1.807, 2.05) is 11.9 Å². The van der Waals surface area contributed by atoms with E-state index in [1.54, 1.807) is 11.3 Å². The lowest BCUT2D eigenvalue weighted by molar-refractivity contribution is 0.679. The summed E-state index contributed by atoms with van der Waals surface area (Å²) in [6, 6.07) is 4.48. The van der Waals surface area contributed by atoms with Gasteiger partial charge in [-0.25, -0.2) is 9.97 Å². The van der Waals surface area contributed by atoms with Crippen LogP contribution in [-0.4, -0.2) is 23.1 Å². The number of anilines is 2. The van der Waals surface area contributed by atoms with E-state index in [0.29, 0.717) is 16.7 Å². The van der Waals surface area contributed by atoms with Gasteiger partial charge in [0.05, 0.1) is 0 Å². The van der Waals surface area contributed by atoms with Crippen LogP contribution in [0, 0.1) is 0 Å². The van der Waals surface area contributed by atoms with Crippen molar-refractivity contribution >= 4 is 34.6 Å². The standard InChI is InChI=1S/C12H15ClN4S/c1-8(6-9-4-3-5-18-9)17(2)12-10(13)11(14)15-7-16-12/h3-5,7-8H,6H2,1-2H3,(H2,14,15,16). The smallest absolute Gasteiger partial charge is 0.153 e. The van der Waals surface area contributed by atoms with E-state index in [4.69, 9.17) is 17.3 Å². The van der Waals surface area contributed by atoms with Gasteiger partial charge in [-0.05, 0) is 18.4 Å². The van der Waals surface area contributed by atoms with Crippen LogP contribution in [0.4, 0.5) is 11.6 Å². The molecule has 0 amide bonds. The molecule has 1 unspecified atom stereocenters. The predicted octanol–water partition coefficient (Wildman–Crippen LogP) is 2.84. The SMILES string of the molecule is CC(Cc1cccs1)N(C)c1ncnc(N)c1Cl. The van der Waals surface area contributed by atoms with Crippen molar-refractivity contribution < 1.29 is 0 Å². The largest absolute Gasteiger partial charge is 0.382 e. The van der Waals surface area contributed by atoms with Crippen LogP contribution in [0.3, 0.4) is 0 Å². The maximum Gasteiger partial charge on any atom is 0.153 e. The number of aromatic nitrogens is 2. The number of hydrogen-bond donors (Lipinski definition) is 1. The van der Waals surface area contributed by atoms with Crippen LogP contribution < -0.4 is 10.6 Å². The quantitative estimate of drug-likeness (QED) is 0.937. The first-order valence-corrected chi connectivity index (χ1v) is 6.86. The van der Waals surface area contributed by atoms with Gasteiger partial charge in [0, 0.05) is 24.4 Å². The first kappa shape index (κ1) is 13.1. The molecule has 0 aliphatic rings. The monoisotopic (exact) mass is 282 g/mol. The minimum absolute atomic E-state index is 0.287. The fraction of sp³-hybridized carbons (Fsp3) is 0.333. The van der Waals surface area contributed by atoms with Crippen molar-refractivity contribution in [2.24, 2.45) is 0 Å². The Kier molecular flexibility index (Phi) is 4.04. The molecule has 4 nitrogen and oxygen atoms in total. The fourth-order valence-corrected chi connectivity index (χ4v) is 2.74. The number of nitrogen functional groups attached to an aromatic ring is 1. The molecule has 1 atom stereocenters. The molecular weight excluding hydrogens is 268 g/mol. The minimum Gasteiger partial charge on any atom is -0.382 e. The van der Waals surface area contributed by atoms with Crippen LogP contribution in [0.25, 0.3) is 0 Å². The van der Waals surface area contributed by atoms with Crippen LogP contribution in [0.2, 0.25) is 5.02 Å². The molecule has 96 valence electrons. The lowest BCUT2D eigenvalue weighted by Crippen LogP contribution is -2.31. The number of rotatable bonds is 4. The summed E-state index contributed by atoms with van der Waals surface area (Å²) in [5.41, 5.74) is 5.69. The molecule has 6 heteroatoms. The second kappa shape index (κ2) is 5.54. The molecule has 2 aromatic rings. The van der Waals surface area contributed by atoms with Crippen molar-refractivity contribution in [3.8, 4) is 0 Å². The lowest BCUT2D eigenvalue weighted by atomic mass is 10.2. The van der Waals surface area contributed by atoms with Crippen LogP contribution >= 0.6 is 22.9 Å². The number of nitrogens with zero attached hydrogens (tertiary/aromatic N) is 3. The summed E-state index contributed by atoms with van der Waals surface area (Å²) in [5, 5.41) is 2.50. The minimum atomic E-state index is 0.287. The molecule has 0 saturated heterocycles. The zero-order valence-electron chi connectivity index (χ0n) is 10.3. The van der Waals surface area contributed by atoms with Crippen molar-refractivity contribution in [3.05, 3.63) is 33.7 Å². The summed E-state index contributed by atoms with van der Waals surface area (Å²) in [6.45, 7) is 2.13. The van der Waals surface area contributed by atoms with Gasteiger partial charge in [0.2, 0.25) is 0 Å². The maximum atomic E-state index is 6.12. The van der Waals surface area contributed by atoms with Gasteiger partial charge in [0.15, 0.2) is 5.82 Å². The molecule has 0 radical (unpaired) electrons. The van der Waals surface area contributed by atoms with E-state index in [9.17, 15) is 0 Å². The Balaban J connectivity index is 2.15. The zero-order valence-corrected chi connectivity index (χ0v) is 11.9. The van der Waals surface area contributed by atoms with Crippen molar-refractivity contribution in [1.82, 2.24) is 9.97 Å². The second-order valence-corrected chi connectivity index (χ2v) is 5.55. The van der Waals surface area contributed by atoms with Crippen molar-refractivity contribution in [2.75, 3.05) is 17.7 Å². The van der Waals surface area contributed by atoms with E-state index < -0.39 is 0 Å². The molecule has 0 fully saturated rings. The molecule has 0 aliphatic heterocycles. The Morgan fingerprint density at radius 1 is 1.50 bits per heavy atom. The van der Waals surface area contributed by atoms with Crippen molar-refractivity contribution in [3.63, 3.8) is 0 Å². The van der Waals surface area contributed by atoms with Crippen molar-refractivity contribution in [2.45, 2.75) is 19.4 Å². The Labute approximate surface area is 115 Å². The molecule has 2 N–H and O–H groups in total. The highest BCUT2D eigenvalue weighted by Crippen LogP contribution is 2.28. The topological polar surface area (TPSA) is 55.0 Å². The third-order valence-corrected chi connectivity index (χ3v) is 4.13. The van der Waals surface area contributed by atoms with Crippen LogP contribution in [-0.2, 0) is 6.42 Å². The highest BCUT2D eigenvalue weighted by Gasteiger charge is 2.17. The molecule has 0 bridgehead atoms. The Morgan fingerprint density at radius 2 is 2.28 bits per heavy atom. The average molecular weight is 283 g/mol. The van der Waals surface area contributed by atoms with Gasteiger partial charge in [-0.2, -0.15) is 0 Å². The summed E-state index contributed by atoms with van der Waals surface area (Å²) in [5.74, 6) is 0.991. The third-order valence-electron chi connectivity index (χ3n) is 2.87. The van der Waals surface area contributed by atoms with Gasteiger partial charge in [-0.1, -0.05) is 17.7 Å². The van der Waals surface area contributed by atoms with Gasteiger partial charge >= 0.3 is 0 Å². The van der Waals surface area contributed by atoms with Crippen LogP contribution in [0.15, 0.2) is 23.8 Å². The van der Waals surface area contributed by atoms with Gasteiger partial charge < -0.3 is 10.6 Å². The molecule has 0 spiro atoms. The van der Waals surface area contributed by atoms with Crippen molar-refractivity contribution in [1.29, 1.82) is 0 Å². The summed E-state index contributed by atoms with van der Waals surface area (Å²) in [7, 11) is 1.96. The number of halogens is 1. The Bertz CT molecular complexity index is 515. The molecule has 0 aromatic carbocycles. The predicted molar refractivity (Wildman–Crippen MR) is 77.3 cm³/mol. The summed E-state index contributed by atoms with van der Waals surface area (Å²) >= 11 is 7.88. The number of hydrogen-bond acceptors (Lipinski definition) is 5. The zero-order chi connectivity index (χ0) is 13.1. The molecule has 2 aromatic heterocycles. The Hall–Kier alpha value is -1.33. The molecular formula is C12H15ClN4S. The number of nitrogens with two attached hydrogens (primary N) is 1. The molecule has 2 heterocycles. The van der Waals surface area contributed by atoms with Gasteiger partial charge in [-0.3, -0.25) is 0 Å². The third kappa shape index (κ3) is 2.73. The van der Waals surface area contributed by atoms with E-state index in [1.165, 1.54) is 11.2 Å². The average Bonchev–Trinajstić information content (AvgIpc) is 2.84. The number of thiophene rings is 1. The van der Waals surface area contributed by atoms with E-state index in [2.05, 4.69) is 34.4 Å². The van der Waals surface area contributed by atoms with Gasteiger partial charge in [0.1, 0.15) is 17.2 Å². The summed E-state index contributed by atoms with van der Waals surface area (Å²) in [4.78, 5) is 11.4.